The number of nitrogens with zero attached hydrogens (tertiary/aromatic N) is 1. The summed E-state index contributed by atoms with van der Waals surface area (Å²) < 4.78 is 66.8. The van der Waals surface area contributed by atoms with Crippen LogP contribution in [-0.4, -0.2) is 34.2 Å². The molecule has 1 saturated heterocycles. The van der Waals surface area contributed by atoms with Gasteiger partial charge in [-0.3, -0.25) is 4.72 Å². The van der Waals surface area contributed by atoms with Crippen molar-refractivity contribution in [1.29, 1.82) is 0 Å². The van der Waals surface area contributed by atoms with Crippen molar-refractivity contribution in [3.63, 3.8) is 0 Å². The minimum Gasteiger partial charge on any atom is -0.280 e. The zero-order valence-electron chi connectivity index (χ0n) is 13.9. The first-order valence-electron chi connectivity index (χ1n) is 8.18. The van der Waals surface area contributed by atoms with Crippen LogP contribution in [0.5, 0.6) is 0 Å². The summed E-state index contributed by atoms with van der Waals surface area (Å²) in [6, 6.07) is 10.1. The third-order valence-electron chi connectivity index (χ3n) is 4.16. The summed E-state index contributed by atoms with van der Waals surface area (Å²) in [5, 5.41) is 0. The highest BCUT2D eigenvalue weighted by Crippen LogP contribution is 2.23. The lowest BCUT2D eigenvalue weighted by atomic mass is 10.2. The monoisotopic (exact) mass is 398 g/mol. The van der Waals surface area contributed by atoms with Crippen LogP contribution in [0.3, 0.4) is 0 Å². The van der Waals surface area contributed by atoms with Gasteiger partial charge in [0.2, 0.25) is 10.0 Å². The first-order valence-corrected chi connectivity index (χ1v) is 11.1. The predicted molar refractivity (Wildman–Crippen MR) is 96.3 cm³/mol. The van der Waals surface area contributed by atoms with E-state index in [9.17, 15) is 21.2 Å². The highest BCUT2D eigenvalue weighted by Gasteiger charge is 2.26. The first-order chi connectivity index (χ1) is 12.3. The SMILES string of the molecule is O=S(=O)(Nc1cccc(F)c1)c1ccc(S(=O)(=O)N2CCCCC2)cc1. The van der Waals surface area contributed by atoms with Crippen LogP contribution in [0.1, 0.15) is 19.3 Å². The zero-order valence-corrected chi connectivity index (χ0v) is 15.6. The van der Waals surface area contributed by atoms with Gasteiger partial charge >= 0.3 is 0 Å². The number of hydrogen-bond acceptors (Lipinski definition) is 4. The zero-order chi connectivity index (χ0) is 18.8. The average Bonchev–Trinajstić information content (AvgIpc) is 2.62. The van der Waals surface area contributed by atoms with Gasteiger partial charge < -0.3 is 0 Å². The molecule has 1 aliphatic heterocycles. The van der Waals surface area contributed by atoms with Crippen LogP contribution >= 0.6 is 0 Å². The van der Waals surface area contributed by atoms with Crippen LogP contribution in [0.4, 0.5) is 10.1 Å². The summed E-state index contributed by atoms with van der Waals surface area (Å²) in [4.78, 5) is -0.0385. The lowest BCUT2D eigenvalue weighted by molar-refractivity contribution is 0.346. The van der Waals surface area contributed by atoms with Gasteiger partial charge in [-0.05, 0) is 55.3 Å². The third kappa shape index (κ3) is 4.05. The van der Waals surface area contributed by atoms with Crippen molar-refractivity contribution in [2.45, 2.75) is 29.1 Å². The number of nitrogens with one attached hydrogen (secondary N) is 1. The molecule has 9 heteroatoms. The van der Waals surface area contributed by atoms with Gasteiger partial charge in [0.15, 0.2) is 0 Å². The van der Waals surface area contributed by atoms with Crippen LogP contribution in [-0.2, 0) is 20.0 Å². The Morgan fingerprint density at radius 2 is 1.46 bits per heavy atom. The standard InChI is InChI=1S/C17H19FN2O4S2/c18-14-5-4-6-15(13-14)19-25(21,22)16-7-9-17(10-8-16)26(23,24)20-11-2-1-3-12-20/h4-10,13,19H,1-3,11-12H2. The first kappa shape index (κ1) is 18.8. The number of hydrogen-bond donors (Lipinski definition) is 1. The molecule has 2 aromatic carbocycles. The van der Waals surface area contributed by atoms with Crippen molar-refractivity contribution < 1.29 is 21.2 Å². The minimum atomic E-state index is -3.94. The molecule has 1 heterocycles. The van der Waals surface area contributed by atoms with Crippen molar-refractivity contribution in [3.8, 4) is 0 Å². The van der Waals surface area contributed by atoms with E-state index in [1.54, 1.807) is 0 Å². The second-order valence-electron chi connectivity index (χ2n) is 6.05. The molecule has 1 aliphatic rings. The van der Waals surface area contributed by atoms with Crippen molar-refractivity contribution >= 4 is 25.7 Å². The van der Waals surface area contributed by atoms with E-state index in [1.807, 2.05) is 0 Å². The van der Waals surface area contributed by atoms with E-state index in [-0.39, 0.29) is 15.5 Å². The predicted octanol–water partition coefficient (Wildman–Crippen LogP) is 2.80. The molecule has 0 saturated carbocycles. The van der Waals surface area contributed by atoms with Crippen molar-refractivity contribution in [2.24, 2.45) is 0 Å². The van der Waals surface area contributed by atoms with Crippen LogP contribution in [0.25, 0.3) is 0 Å². The quantitative estimate of drug-likeness (QED) is 0.839. The molecule has 1 N–H and O–H groups in total. The Kier molecular flexibility index (Phi) is 5.31. The average molecular weight is 398 g/mol. The van der Waals surface area contributed by atoms with E-state index >= 15 is 0 Å². The van der Waals surface area contributed by atoms with Gasteiger partial charge in [-0.1, -0.05) is 12.5 Å². The maximum absolute atomic E-state index is 13.2. The van der Waals surface area contributed by atoms with E-state index in [1.165, 1.54) is 46.8 Å². The molecule has 0 unspecified atom stereocenters. The molecule has 0 radical (unpaired) electrons. The van der Waals surface area contributed by atoms with Crippen LogP contribution < -0.4 is 4.72 Å². The molecular formula is C17H19FN2O4S2. The van der Waals surface area contributed by atoms with Gasteiger partial charge in [-0.15, -0.1) is 0 Å². The molecule has 0 amide bonds. The molecule has 1 fully saturated rings. The Morgan fingerprint density at radius 3 is 2.08 bits per heavy atom. The molecule has 26 heavy (non-hydrogen) atoms. The Bertz CT molecular complexity index is 984. The van der Waals surface area contributed by atoms with Crippen molar-refractivity contribution in [2.75, 3.05) is 17.8 Å². The van der Waals surface area contributed by atoms with E-state index in [0.717, 1.165) is 25.3 Å². The molecule has 2 aromatic rings. The summed E-state index contributed by atoms with van der Waals surface area (Å²) in [5.41, 5.74) is 0.0926. The molecule has 0 atom stereocenters. The second-order valence-corrected chi connectivity index (χ2v) is 9.67. The summed E-state index contributed by atoms with van der Waals surface area (Å²) >= 11 is 0. The second kappa shape index (κ2) is 7.34. The number of benzene rings is 2. The Hall–Kier alpha value is -1.97. The van der Waals surface area contributed by atoms with Gasteiger partial charge in [0, 0.05) is 13.1 Å². The van der Waals surface area contributed by atoms with Crippen LogP contribution in [0, 0.1) is 5.82 Å². The van der Waals surface area contributed by atoms with E-state index < -0.39 is 25.9 Å². The number of rotatable bonds is 5. The fourth-order valence-corrected chi connectivity index (χ4v) is 5.38. The molecule has 0 aliphatic carbocycles. The Balaban J connectivity index is 1.82. The molecule has 140 valence electrons. The molecule has 6 nitrogen and oxygen atoms in total. The highest BCUT2D eigenvalue weighted by atomic mass is 32.2. The van der Waals surface area contributed by atoms with E-state index in [4.69, 9.17) is 0 Å². The maximum Gasteiger partial charge on any atom is 0.261 e. The fourth-order valence-electron chi connectivity index (χ4n) is 2.81. The summed E-state index contributed by atoms with van der Waals surface area (Å²) in [7, 11) is -7.56. The Labute approximate surface area is 152 Å². The fraction of sp³-hybridized carbons (Fsp3) is 0.294. The molecular weight excluding hydrogens is 379 g/mol. The Morgan fingerprint density at radius 1 is 0.846 bits per heavy atom. The topological polar surface area (TPSA) is 83.5 Å². The van der Waals surface area contributed by atoms with Crippen molar-refractivity contribution in [1.82, 2.24) is 4.31 Å². The summed E-state index contributed by atoms with van der Waals surface area (Å²) in [6.45, 7) is 0.951. The van der Waals surface area contributed by atoms with Crippen LogP contribution in [0.2, 0.25) is 0 Å². The number of piperidine rings is 1. The summed E-state index contributed by atoms with van der Waals surface area (Å²) in [6.07, 6.45) is 2.65. The van der Waals surface area contributed by atoms with E-state index in [0.29, 0.717) is 13.1 Å². The lowest BCUT2D eigenvalue weighted by Crippen LogP contribution is -2.35. The molecule has 3 rings (SSSR count). The normalized spacial score (nSPS) is 16.3. The van der Waals surface area contributed by atoms with Crippen LogP contribution in [0.15, 0.2) is 58.3 Å². The number of anilines is 1. The third-order valence-corrected chi connectivity index (χ3v) is 7.47. The van der Waals surface area contributed by atoms with Gasteiger partial charge in [-0.2, -0.15) is 4.31 Å². The van der Waals surface area contributed by atoms with Gasteiger partial charge in [0.05, 0.1) is 15.5 Å². The van der Waals surface area contributed by atoms with Gasteiger partial charge in [-0.25, -0.2) is 21.2 Å². The maximum atomic E-state index is 13.2. The highest BCUT2D eigenvalue weighted by molar-refractivity contribution is 7.92. The minimum absolute atomic E-state index is 0.0594. The smallest absolute Gasteiger partial charge is 0.261 e. The van der Waals surface area contributed by atoms with Gasteiger partial charge in [0.1, 0.15) is 5.82 Å². The lowest BCUT2D eigenvalue weighted by Gasteiger charge is -2.25. The van der Waals surface area contributed by atoms with E-state index in [2.05, 4.69) is 4.72 Å². The number of halogens is 1. The van der Waals surface area contributed by atoms with Crippen molar-refractivity contribution in [3.05, 3.63) is 54.3 Å². The summed E-state index contributed by atoms with van der Waals surface area (Å²) in [5.74, 6) is -0.562. The number of sulfonamides is 2. The molecule has 0 bridgehead atoms. The largest absolute Gasteiger partial charge is 0.280 e. The molecule has 0 aromatic heterocycles. The molecule has 0 spiro atoms. The van der Waals surface area contributed by atoms with Gasteiger partial charge in [0.25, 0.3) is 10.0 Å².